The molecule has 0 aliphatic heterocycles. The number of nitrogens with zero attached hydrogens (tertiary/aromatic N) is 1. The van der Waals surface area contributed by atoms with Gasteiger partial charge in [-0.15, -0.1) is 0 Å². The van der Waals surface area contributed by atoms with Gasteiger partial charge >= 0.3 is 0 Å². The Balaban J connectivity index is 1.27. The number of hydrogen-bond acceptors (Lipinski definition) is 4. The summed E-state index contributed by atoms with van der Waals surface area (Å²) < 4.78 is 11.6. The number of fused-ring (bicyclic) bond motifs is 1. The van der Waals surface area contributed by atoms with E-state index in [2.05, 4.69) is 34.6 Å². The quantitative estimate of drug-likeness (QED) is 0.273. The van der Waals surface area contributed by atoms with Gasteiger partial charge in [-0.25, -0.2) is 4.98 Å². The average Bonchev–Trinajstić information content (AvgIpc) is 3.30. The summed E-state index contributed by atoms with van der Waals surface area (Å²) in [7, 11) is 0. The number of benzene rings is 4. The average molecular weight is 483 g/mol. The number of carbonyl (C=O) groups is 1. The Morgan fingerprint density at radius 3 is 2.26 bits per heavy atom. The van der Waals surface area contributed by atoms with Gasteiger partial charge in [-0.05, 0) is 78.6 Å². The lowest BCUT2D eigenvalue weighted by Gasteiger charge is -2.10. The molecule has 1 N–H and O–H groups in total. The molecule has 0 spiro atoms. The van der Waals surface area contributed by atoms with Crippen LogP contribution < -0.4 is 10.1 Å². The van der Waals surface area contributed by atoms with E-state index in [1.807, 2.05) is 56.3 Å². The molecular formula is C29H23ClN2O3. The molecule has 0 aliphatic carbocycles. The van der Waals surface area contributed by atoms with Crippen molar-refractivity contribution in [3.05, 3.63) is 101 Å². The van der Waals surface area contributed by atoms with Crippen LogP contribution in [-0.4, -0.2) is 17.5 Å². The molecule has 5 aromatic rings. The molecule has 5 rings (SSSR count). The Kier molecular flexibility index (Phi) is 6.25. The third-order valence-corrected chi connectivity index (χ3v) is 6.29. The number of ether oxygens (including phenoxy) is 1. The van der Waals surface area contributed by atoms with Crippen molar-refractivity contribution >= 4 is 34.3 Å². The van der Waals surface area contributed by atoms with E-state index >= 15 is 0 Å². The van der Waals surface area contributed by atoms with Crippen LogP contribution in [0.5, 0.6) is 5.75 Å². The Morgan fingerprint density at radius 1 is 0.886 bits per heavy atom. The molecule has 0 bridgehead atoms. The minimum atomic E-state index is -0.269. The van der Waals surface area contributed by atoms with E-state index in [1.165, 1.54) is 0 Å². The topological polar surface area (TPSA) is 64.4 Å². The predicted octanol–water partition coefficient (Wildman–Crippen LogP) is 7.45. The first-order chi connectivity index (χ1) is 17.0. The van der Waals surface area contributed by atoms with Crippen LogP contribution in [0, 0.1) is 13.8 Å². The van der Waals surface area contributed by atoms with Crippen molar-refractivity contribution in [1.82, 2.24) is 4.98 Å². The molecule has 1 aromatic heterocycles. The summed E-state index contributed by atoms with van der Waals surface area (Å²) in [5, 5.41) is 3.55. The minimum absolute atomic E-state index is 0.115. The SMILES string of the molecule is Cc1cc(OCC(=O)Nc2ccc3oc(-c4ccc(-c5ccccc5)cc4)nc3c2)cc(C)c1Cl. The summed E-state index contributed by atoms with van der Waals surface area (Å²) in [6.07, 6.45) is 0. The van der Waals surface area contributed by atoms with Gasteiger partial charge in [0.05, 0.1) is 0 Å². The van der Waals surface area contributed by atoms with Gasteiger partial charge in [-0.3, -0.25) is 4.79 Å². The van der Waals surface area contributed by atoms with Crippen LogP contribution in [0.25, 0.3) is 33.7 Å². The molecule has 0 atom stereocenters. The number of rotatable bonds is 6. The number of anilines is 1. The van der Waals surface area contributed by atoms with Gasteiger partial charge in [0.2, 0.25) is 5.89 Å². The van der Waals surface area contributed by atoms with Gasteiger partial charge in [-0.1, -0.05) is 54.1 Å². The van der Waals surface area contributed by atoms with Crippen LogP contribution in [0.1, 0.15) is 11.1 Å². The Labute approximate surface area is 208 Å². The van der Waals surface area contributed by atoms with E-state index in [0.717, 1.165) is 27.8 Å². The predicted molar refractivity (Wildman–Crippen MR) is 140 cm³/mol. The Bertz CT molecular complexity index is 1490. The molecule has 0 saturated heterocycles. The molecule has 35 heavy (non-hydrogen) atoms. The van der Waals surface area contributed by atoms with Crippen LogP contribution in [0.15, 0.2) is 89.3 Å². The smallest absolute Gasteiger partial charge is 0.262 e. The first kappa shape index (κ1) is 22.7. The van der Waals surface area contributed by atoms with E-state index in [4.69, 9.17) is 20.8 Å². The summed E-state index contributed by atoms with van der Waals surface area (Å²) >= 11 is 6.19. The van der Waals surface area contributed by atoms with E-state index in [9.17, 15) is 4.79 Å². The van der Waals surface area contributed by atoms with Crippen molar-refractivity contribution in [2.75, 3.05) is 11.9 Å². The summed E-state index contributed by atoms with van der Waals surface area (Å²) in [5.41, 5.74) is 6.91. The van der Waals surface area contributed by atoms with E-state index < -0.39 is 0 Å². The van der Waals surface area contributed by atoms with Gasteiger partial charge < -0.3 is 14.5 Å². The molecule has 1 amide bonds. The Hall–Kier alpha value is -4.09. The lowest BCUT2D eigenvalue weighted by atomic mass is 10.0. The number of aromatic nitrogens is 1. The minimum Gasteiger partial charge on any atom is -0.484 e. The van der Waals surface area contributed by atoms with Crippen molar-refractivity contribution < 1.29 is 13.9 Å². The molecule has 0 saturated carbocycles. The fraction of sp³-hybridized carbons (Fsp3) is 0.103. The number of oxazole rings is 1. The van der Waals surface area contributed by atoms with Gasteiger partial charge in [0.15, 0.2) is 12.2 Å². The molecule has 5 nitrogen and oxygen atoms in total. The summed E-state index contributed by atoms with van der Waals surface area (Å²) in [4.78, 5) is 17.0. The normalized spacial score (nSPS) is 10.9. The maximum atomic E-state index is 12.4. The van der Waals surface area contributed by atoms with E-state index in [0.29, 0.717) is 33.4 Å². The number of halogens is 1. The van der Waals surface area contributed by atoms with Crippen molar-refractivity contribution in [1.29, 1.82) is 0 Å². The maximum absolute atomic E-state index is 12.4. The molecule has 6 heteroatoms. The van der Waals surface area contributed by atoms with Crippen molar-refractivity contribution in [2.24, 2.45) is 0 Å². The molecule has 0 radical (unpaired) electrons. The number of aryl methyl sites for hydroxylation is 2. The zero-order chi connectivity index (χ0) is 24.4. The zero-order valence-electron chi connectivity index (χ0n) is 19.3. The van der Waals surface area contributed by atoms with Gasteiger partial charge in [0, 0.05) is 16.3 Å². The third-order valence-electron chi connectivity index (χ3n) is 5.69. The second-order valence-electron chi connectivity index (χ2n) is 8.35. The van der Waals surface area contributed by atoms with E-state index in [1.54, 1.807) is 18.2 Å². The second-order valence-corrected chi connectivity index (χ2v) is 8.73. The second kappa shape index (κ2) is 9.65. The lowest BCUT2D eigenvalue weighted by molar-refractivity contribution is -0.118. The largest absolute Gasteiger partial charge is 0.484 e. The first-order valence-electron chi connectivity index (χ1n) is 11.2. The lowest BCUT2D eigenvalue weighted by Crippen LogP contribution is -2.20. The number of hydrogen-bond donors (Lipinski definition) is 1. The van der Waals surface area contributed by atoms with Gasteiger partial charge in [0.25, 0.3) is 5.91 Å². The number of nitrogens with one attached hydrogen (secondary N) is 1. The molecule has 174 valence electrons. The van der Waals surface area contributed by atoms with Crippen molar-refractivity contribution in [3.63, 3.8) is 0 Å². The molecule has 4 aromatic carbocycles. The highest BCUT2D eigenvalue weighted by molar-refractivity contribution is 6.32. The molecular weight excluding hydrogens is 460 g/mol. The summed E-state index contributed by atoms with van der Waals surface area (Å²) in [6, 6.07) is 27.3. The highest BCUT2D eigenvalue weighted by Crippen LogP contribution is 2.29. The van der Waals surface area contributed by atoms with Crippen LogP contribution in [0.3, 0.4) is 0 Å². The molecule has 1 heterocycles. The van der Waals surface area contributed by atoms with Crippen molar-refractivity contribution in [2.45, 2.75) is 13.8 Å². The number of carbonyl (C=O) groups excluding carboxylic acids is 1. The van der Waals surface area contributed by atoms with E-state index in [-0.39, 0.29) is 12.5 Å². The number of amides is 1. The summed E-state index contributed by atoms with van der Waals surface area (Å²) in [6.45, 7) is 3.69. The van der Waals surface area contributed by atoms with Crippen LogP contribution in [0.2, 0.25) is 5.02 Å². The standard InChI is InChI=1S/C29H23ClN2O3/c1-18-14-24(15-19(2)28(18)30)34-17-27(33)31-23-12-13-26-25(16-23)32-29(35-26)22-10-8-21(9-11-22)20-6-4-3-5-7-20/h3-16H,17H2,1-2H3,(H,31,33). The zero-order valence-corrected chi connectivity index (χ0v) is 20.1. The molecule has 0 aliphatic rings. The van der Waals surface area contributed by atoms with Crippen molar-refractivity contribution in [3.8, 4) is 28.3 Å². The fourth-order valence-electron chi connectivity index (χ4n) is 3.90. The highest BCUT2D eigenvalue weighted by atomic mass is 35.5. The third kappa shape index (κ3) is 5.05. The molecule has 0 fully saturated rings. The summed E-state index contributed by atoms with van der Waals surface area (Å²) in [5.74, 6) is 0.865. The van der Waals surface area contributed by atoms with Gasteiger partial charge in [0.1, 0.15) is 11.3 Å². The van der Waals surface area contributed by atoms with Crippen LogP contribution in [-0.2, 0) is 4.79 Å². The molecule has 0 unspecified atom stereocenters. The van der Waals surface area contributed by atoms with Crippen LogP contribution in [0.4, 0.5) is 5.69 Å². The highest BCUT2D eigenvalue weighted by Gasteiger charge is 2.11. The maximum Gasteiger partial charge on any atom is 0.262 e. The first-order valence-corrected chi connectivity index (χ1v) is 11.6. The fourth-order valence-corrected chi connectivity index (χ4v) is 4.01. The van der Waals surface area contributed by atoms with Crippen LogP contribution >= 0.6 is 11.6 Å². The monoisotopic (exact) mass is 482 g/mol. The Morgan fingerprint density at radius 2 is 1.54 bits per heavy atom. The van der Waals surface area contributed by atoms with Gasteiger partial charge in [-0.2, -0.15) is 0 Å².